The van der Waals surface area contributed by atoms with E-state index in [2.05, 4.69) is 4.18 Å². The quantitative estimate of drug-likeness (QED) is 0.136. The number of ether oxygens (including phenoxy) is 2. The Bertz CT molecular complexity index is 712. The third kappa shape index (κ3) is 5.82. The molecule has 1 heterocycles. The summed E-state index contributed by atoms with van der Waals surface area (Å²) in [4.78, 5) is 9.95. The van der Waals surface area contributed by atoms with Crippen molar-refractivity contribution in [3.8, 4) is 5.75 Å². The van der Waals surface area contributed by atoms with Gasteiger partial charge in [0.2, 0.25) is 16.7 Å². The van der Waals surface area contributed by atoms with E-state index in [9.17, 15) is 33.3 Å². The van der Waals surface area contributed by atoms with Crippen LogP contribution in [0.3, 0.4) is 0 Å². The number of aliphatic hydroxyl groups excluding tert-OH is 3. The van der Waals surface area contributed by atoms with Crippen LogP contribution in [-0.2, 0) is 19.3 Å². The van der Waals surface area contributed by atoms with Gasteiger partial charge in [0.25, 0.3) is 5.69 Å². The van der Waals surface area contributed by atoms with Gasteiger partial charge in [0, 0.05) is 12.1 Å². The minimum absolute atomic E-state index is 0. The van der Waals surface area contributed by atoms with Gasteiger partial charge in [-0.15, -0.1) is 0 Å². The molecule has 1 aliphatic rings. The molecule has 14 heteroatoms. The van der Waals surface area contributed by atoms with E-state index in [0.717, 1.165) is 12.1 Å². The topological polar surface area (TPSA) is 189 Å². The van der Waals surface area contributed by atoms with E-state index < -0.39 is 52.6 Å². The van der Waals surface area contributed by atoms with Crippen LogP contribution >= 0.6 is 0 Å². The number of rotatable bonds is 6. The van der Waals surface area contributed by atoms with Gasteiger partial charge in [-0.1, -0.05) is 0 Å². The molecule has 0 spiro atoms. The molecule has 1 saturated heterocycles. The van der Waals surface area contributed by atoms with Gasteiger partial charge >= 0.3 is 29.6 Å². The van der Waals surface area contributed by atoms with Gasteiger partial charge in [0.15, 0.2) is 0 Å². The number of nitro benzene ring substituents is 1. The van der Waals surface area contributed by atoms with Crippen LogP contribution in [0.15, 0.2) is 24.3 Å². The molecule has 3 N–H and O–H groups in total. The summed E-state index contributed by atoms with van der Waals surface area (Å²) in [6.07, 6.45) is -8.68. The average Bonchev–Trinajstić information content (AvgIpc) is 2.53. The maximum Gasteiger partial charge on any atom is 1.00 e. The van der Waals surface area contributed by atoms with Crippen molar-refractivity contribution in [1.82, 2.24) is 0 Å². The minimum atomic E-state index is -5.27. The van der Waals surface area contributed by atoms with Crippen molar-refractivity contribution in [3.63, 3.8) is 0 Å². The molecule has 0 amide bonds. The average molecular weight is 403 g/mol. The Labute approximate surface area is 169 Å². The smallest absolute Gasteiger partial charge is 0.726 e. The second kappa shape index (κ2) is 9.36. The molecule has 5 atom stereocenters. The number of nitrogens with zero attached hydrogens (tertiary/aromatic N) is 1. The van der Waals surface area contributed by atoms with Crippen molar-refractivity contribution < 1.29 is 76.4 Å². The van der Waals surface area contributed by atoms with Gasteiger partial charge < -0.3 is 29.3 Å². The van der Waals surface area contributed by atoms with Crippen LogP contribution in [0.1, 0.15) is 0 Å². The second-order valence-electron chi connectivity index (χ2n) is 5.04. The van der Waals surface area contributed by atoms with Crippen molar-refractivity contribution in [3.05, 3.63) is 34.4 Å². The molecule has 1 aromatic rings. The summed E-state index contributed by atoms with van der Waals surface area (Å²) in [5, 5.41) is 39.6. The van der Waals surface area contributed by atoms with Crippen molar-refractivity contribution in [2.24, 2.45) is 0 Å². The maximum absolute atomic E-state index is 10.7. The third-order valence-corrected chi connectivity index (χ3v) is 3.81. The van der Waals surface area contributed by atoms with Crippen LogP contribution in [0, 0.1) is 10.1 Å². The first-order valence-corrected chi connectivity index (χ1v) is 8.13. The van der Waals surface area contributed by atoms with Gasteiger partial charge in [-0.25, -0.2) is 8.42 Å². The summed E-state index contributed by atoms with van der Waals surface area (Å²) in [6.45, 7) is -0.785. The normalized spacial score (nSPS) is 28.8. The van der Waals surface area contributed by atoms with Crippen molar-refractivity contribution in [1.29, 1.82) is 0 Å². The van der Waals surface area contributed by atoms with Gasteiger partial charge in [0.1, 0.15) is 30.2 Å². The van der Waals surface area contributed by atoms with Gasteiger partial charge in [-0.2, -0.15) is 0 Å². The summed E-state index contributed by atoms with van der Waals surface area (Å²) >= 11 is 0. The van der Waals surface area contributed by atoms with E-state index in [1.807, 2.05) is 0 Å². The fraction of sp³-hybridized carbons (Fsp3) is 0.500. The fourth-order valence-corrected chi connectivity index (χ4v) is 2.68. The third-order valence-electron chi connectivity index (χ3n) is 3.35. The standard InChI is InChI=1S/C12H15NO11S.Na/c14-5-8-9(15)11(24-25(19,20)21)10(16)12(23-8)22-7-3-1-6(2-4-7)13(17)18;/h1-4,8-12,14-16H,5H2,(H,19,20,21);/q;+1/p-1/t8-,9-,10+,11+,12+;/m1./s1. The molecular formula is C12H14NNaO11S. The minimum Gasteiger partial charge on any atom is -0.726 e. The Kier molecular flexibility index (Phi) is 8.34. The zero-order valence-corrected chi connectivity index (χ0v) is 16.2. The zero-order valence-electron chi connectivity index (χ0n) is 13.4. The molecule has 12 nitrogen and oxygen atoms in total. The Morgan fingerprint density at radius 2 is 1.77 bits per heavy atom. The first-order valence-electron chi connectivity index (χ1n) is 6.80. The van der Waals surface area contributed by atoms with E-state index in [4.69, 9.17) is 14.6 Å². The van der Waals surface area contributed by atoms with Crippen LogP contribution in [0.5, 0.6) is 5.75 Å². The van der Waals surface area contributed by atoms with Crippen molar-refractivity contribution >= 4 is 16.1 Å². The van der Waals surface area contributed by atoms with Gasteiger partial charge in [0.05, 0.1) is 11.5 Å². The molecule has 0 radical (unpaired) electrons. The molecule has 2 rings (SSSR count). The number of benzene rings is 1. The number of nitro groups is 1. The Balaban J connectivity index is 0.00000338. The first kappa shape index (κ1) is 23.2. The molecular weight excluding hydrogens is 389 g/mol. The predicted octanol–water partition coefficient (Wildman–Crippen LogP) is -4.74. The molecule has 140 valence electrons. The number of hydrogen-bond acceptors (Lipinski definition) is 11. The second-order valence-corrected chi connectivity index (χ2v) is 6.05. The van der Waals surface area contributed by atoms with E-state index >= 15 is 0 Å². The summed E-state index contributed by atoms with van der Waals surface area (Å²) in [5.74, 6) is 0.00598. The van der Waals surface area contributed by atoms with Crippen LogP contribution in [0.25, 0.3) is 0 Å². The van der Waals surface area contributed by atoms with Gasteiger partial charge in [-0.3, -0.25) is 14.3 Å². The van der Waals surface area contributed by atoms with Crippen molar-refractivity contribution in [2.45, 2.75) is 30.7 Å². The summed E-state index contributed by atoms with van der Waals surface area (Å²) in [7, 11) is -5.27. The Morgan fingerprint density at radius 3 is 2.23 bits per heavy atom. The van der Waals surface area contributed by atoms with Crippen LogP contribution in [0.4, 0.5) is 5.69 Å². The van der Waals surface area contributed by atoms with Crippen molar-refractivity contribution in [2.75, 3.05) is 6.61 Å². The predicted molar refractivity (Wildman–Crippen MR) is 76.1 cm³/mol. The van der Waals surface area contributed by atoms with Crippen LogP contribution < -0.4 is 34.3 Å². The van der Waals surface area contributed by atoms with Gasteiger partial charge in [-0.05, 0) is 12.1 Å². The SMILES string of the molecule is O=[N+]([O-])c1ccc(O[C@H]2O[C@H](CO)[C@@H](O)[C@H](OS(=O)(=O)[O-])[C@@H]2O)cc1.[Na+]. The van der Waals surface area contributed by atoms with E-state index in [1.165, 1.54) is 12.1 Å². The van der Waals surface area contributed by atoms with Crippen LogP contribution in [0.2, 0.25) is 0 Å². The molecule has 0 aliphatic carbocycles. The van der Waals surface area contributed by atoms with E-state index in [0.29, 0.717) is 0 Å². The summed E-state index contributed by atoms with van der Waals surface area (Å²) in [6, 6.07) is 4.60. The molecule has 1 aliphatic heterocycles. The number of aliphatic hydroxyl groups is 3. The Hall–Kier alpha value is -0.870. The molecule has 0 aromatic heterocycles. The largest absolute Gasteiger partial charge is 1.00 e. The molecule has 0 saturated carbocycles. The molecule has 0 bridgehead atoms. The molecule has 1 aromatic carbocycles. The molecule has 0 unspecified atom stereocenters. The molecule has 26 heavy (non-hydrogen) atoms. The summed E-state index contributed by atoms with van der Waals surface area (Å²) in [5.41, 5.74) is -0.222. The Morgan fingerprint density at radius 1 is 1.19 bits per heavy atom. The number of non-ortho nitro benzene ring substituents is 1. The molecule has 1 fully saturated rings. The van der Waals surface area contributed by atoms with E-state index in [1.54, 1.807) is 0 Å². The van der Waals surface area contributed by atoms with E-state index in [-0.39, 0.29) is 41.0 Å². The maximum atomic E-state index is 10.7. The zero-order chi connectivity index (χ0) is 18.8. The monoisotopic (exact) mass is 403 g/mol. The first-order chi connectivity index (χ1) is 11.6. The summed E-state index contributed by atoms with van der Waals surface area (Å²) < 4.78 is 46.7. The van der Waals surface area contributed by atoms with Crippen LogP contribution in [-0.4, -0.2) is 70.5 Å². The fourth-order valence-electron chi connectivity index (χ4n) is 2.18. The number of hydrogen-bond donors (Lipinski definition) is 3.